The Morgan fingerprint density at radius 3 is 2.59 bits per heavy atom. The molecule has 0 spiro atoms. The van der Waals surface area contributed by atoms with Crippen LogP contribution >= 0.6 is 0 Å². The Balaban J connectivity index is 1.35. The predicted octanol–water partition coefficient (Wildman–Crippen LogP) is 4.00. The van der Waals surface area contributed by atoms with E-state index in [2.05, 4.69) is 58.0 Å². The molecule has 7 heteroatoms. The van der Waals surface area contributed by atoms with Crippen LogP contribution in [0, 0.1) is 6.92 Å². The number of hydrogen-bond acceptors (Lipinski definition) is 5. The SMILES string of the molecule is Cc1ccccc1-c1ccccc1COc1ccc2c(C(=O)NC3CCNCC3)nn(C)c2n1. The maximum Gasteiger partial charge on any atom is 0.272 e. The number of fused-ring (bicyclic) bond motifs is 1. The van der Waals surface area contributed by atoms with Gasteiger partial charge in [0.25, 0.3) is 5.91 Å². The molecule has 34 heavy (non-hydrogen) atoms. The van der Waals surface area contributed by atoms with Gasteiger partial charge in [0.2, 0.25) is 5.88 Å². The lowest BCUT2D eigenvalue weighted by Crippen LogP contribution is -2.42. The van der Waals surface area contributed by atoms with Gasteiger partial charge < -0.3 is 15.4 Å². The van der Waals surface area contributed by atoms with Crippen molar-refractivity contribution in [1.29, 1.82) is 0 Å². The van der Waals surface area contributed by atoms with Crippen molar-refractivity contribution in [3.63, 3.8) is 0 Å². The minimum atomic E-state index is -0.153. The van der Waals surface area contributed by atoms with E-state index in [1.54, 1.807) is 11.7 Å². The molecule has 1 aliphatic heterocycles. The zero-order chi connectivity index (χ0) is 23.5. The third-order valence-electron chi connectivity index (χ3n) is 6.38. The van der Waals surface area contributed by atoms with Crippen molar-refractivity contribution in [2.75, 3.05) is 13.1 Å². The van der Waals surface area contributed by atoms with E-state index in [1.807, 2.05) is 30.3 Å². The Kier molecular flexibility index (Phi) is 6.27. The molecule has 0 saturated carbocycles. The van der Waals surface area contributed by atoms with Gasteiger partial charge in [-0.15, -0.1) is 0 Å². The number of pyridine rings is 1. The topological polar surface area (TPSA) is 81.1 Å². The molecule has 0 radical (unpaired) electrons. The van der Waals surface area contributed by atoms with E-state index >= 15 is 0 Å². The second-order valence-electron chi connectivity index (χ2n) is 8.75. The third-order valence-corrected chi connectivity index (χ3v) is 6.38. The average Bonchev–Trinajstić information content (AvgIpc) is 3.20. The molecule has 174 valence electrons. The van der Waals surface area contributed by atoms with Crippen LogP contribution in [0.1, 0.15) is 34.5 Å². The molecule has 2 aromatic carbocycles. The summed E-state index contributed by atoms with van der Waals surface area (Å²) in [6.07, 6.45) is 1.85. The van der Waals surface area contributed by atoms with Gasteiger partial charge in [0.15, 0.2) is 11.3 Å². The summed E-state index contributed by atoms with van der Waals surface area (Å²) in [6.45, 7) is 4.35. The number of nitrogens with zero attached hydrogens (tertiary/aromatic N) is 3. The maximum atomic E-state index is 12.9. The van der Waals surface area contributed by atoms with Gasteiger partial charge in [-0.2, -0.15) is 10.1 Å². The van der Waals surface area contributed by atoms with E-state index in [0.717, 1.165) is 42.4 Å². The van der Waals surface area contributed by atoms with Crippen molar-refractivity contribution in [1.82, 2.24) is 25.4 Å². The first kappa shape index (κ1) is 22.1. The van der Waals surface area contributed by atoms with Gasteiger partial charge in [0.1, 0.15) is 6.61 Å². The van der Waals surface area contributed by atoms with Gasteiger partial charge in [-0.25, -0.2) is 4.68 Å². The highest BCUT2D eigenvalue weighted by Crippen LogP contribution is 2.28. The number of nitrogens with one attached hydrogen (secondary N) is 2. The number of aromatic nitrogens is 3. The van der Waals surface area contributed by atoms with Crippen molar-refractivity contribution in [3.8, 4) is 17.0 Å². The summed E-state index contributed by atoms with van der Waals surface area (Å²) in [7, 11) is 1.80. The quantitative estimate of drug-likeness (QED) is 0.459. The van der Waals surface area contributed by atoms with Crippen LogP contribution in [0.4, 0.5) is 0 Å². The van der Waals surface area contributed by atoms with E-state index in [-0.39, 0.29) is 11.9 Å². The fourth-order valence-corrected chi connectivity index (χ4v) is 4.52. The molecule has 1 amide bonds. The van der Waals surface area contributed by atoms with Gasteiger partial charge in [-0.1, -0.05) is 48.5 Å². The summed E-state index contributed by atoms with van der Waals surface area (Å²) in [6, 6.07) is 20.5. The lowest BCUT2D eigenvalue weighted by Gasteiger charge is -2.23. The van der Waals surface area contributed by atoms with E-state index in [4.69, 9.17) is 4.74 Å². The summed E-state index contributed by atoms with van der Waals surface area (Å²) in [5.74, 6) is 0.348. The molecule has 1 aliphatic rings. The summed E-state index contributed by atoms with van der Waals surface area (Å²) >= 11 is 0. The van der Waals surface area contributed by atoms with Crippen LogP contribution in [0.2, 0.25) is 0 Å². The molecule has 3 heterocycles. The number of ether oxygens (including phenoxy) is 1. The molecule has 0 bridgehead atoms. The molecule has 1 fully saturated rings. The summed E-state index contributed by atoms with van der Waals surface area (Å²) in [4.78, 5) is 17.5. The smallest absolute Gasteiger partial charge is 0.272 e. The van der Waals surface area contributed by atoms with Crippen LogP contribution in [0.15, 0.2) is 60.7 Å². The number of benzene rings is 2. The number of aryl methyl sites for hydroxylation is 2. The van der Waals surface area contributed by atoms with Crippen LogP contribution < -0.4 is 15.4 Å². The summed E-state index contributed by atoms with van der Waals surface area (Å²) < 4.78 is 7.73. The second kappa shape index (κ2) is 9.65. The molecule has 0 atom stereocenters. The van der Waals surface area contributed by atoms with Crippen molar-refractivity contribution in [2.45, 2.75) is 32.4 Å². The van der Waals surface area contributed by atoms with Crippen molar-refractivity contribution in [2.24, 2.45) is 7.05 Å². The maximum absolute atomic E-state index is 12.9. The number of carbonyl (C=O) groups excluding carboxylic acids is 1. The number of rotatable bonds is 6. The number of piperidine rings is 1. The van der Waals surface area contributed by atoms with E-state index in [1.165, 1.54) is 11.1 Å². The first-order chi connectivity index (χ1) is 16.6. The lowest BCUT2D eigenvalue weighted by molar-refractivity contribution is 0.0925. The minimum absolute atomic E-state index is 0.153. The van der Waals surface area contributed by atoms with Crippen LogP contribution in [-0.4, -0.2) is 39.8 Å². The zero-order valence-electron chi connectivity index (χ0n) is 19.5. The Morgan fingerprint density at radius 2 is 1.79 bits per heavy atom. The molecule has 5 rings (SSSR count). The van der Waals surface area contributed by atoms with Crippen LogP contribution in [0.3, 0.4) is 0 Å². The summed E-state index contributed by atoms with van der Waals surface area (Å²) in [5.41, 5.74) is 5.69. The molecule has 4 aromatic rings. The lowest BCUT2D eigenvalue weighted by atomic mass is 9.96. The fourth-order valence-electron chi connectivity index (χ4n) is 4.52. The third kappa shape index (κ3) is 4.52. The molecule has 1 saturated heterocycles. The Bertz CT molecular complexity index is 1320. The minimum Gasteiger partial charge on any atom is -0.473 e. The van der Waals surface area contributed by atoms with E-state index in [9.17, 15) is 4.79 Å². The highest BCUT2D eigenvalue weighted by atomic mass is 16.5. The number of hydrogen-bond donors (Lipinski definition) is 2. The van der Waals surface area contributed by atoms with Crippen LogP contribution in [-0.2, 0) is 13.7 Å². The van der Waals surface area contributed by atoms with E-state index in [0.29, 0.717) is 23.8 Å². The Labute approximate surface area is 199 Å². The standard InChI is InChI=1S/C27H29N5O2/c1-18-7-3-5-9-21(18)22-10-6-4-8-19(22)17-34-24-12-11-23-25(31-32(2)26(23)30-24)27(33)29-20-13-15-28-16-14-20/h3-12,20,28H,13-17H2,1-2H3,(H,29,33). The predicted molar refractivity (Wildman–Crippen MR) is 133 cm³/mol. The first-order valence-electron chi connectivity index (χ1n) is 11.7. The van der Waals surface area contributed by atoms with Crippen molar-refractivity contribution < 1.29 is 9.53 Å². The second-order valence-corrected chi connectivity index (χ2v) is 8.75. The molecular formula is C27H29N5O2. The first-order valence-corrected chi connectivity index (χ1v) is 11.7. The summed E-state index contributed by atoms with van der Waals surface area (Å²) in [5, 5.41) is 11.6. The molecule has 2 N–H and O–H groups in total. The van der Waals surface area contributed by atoms with Crippen molar-refractivity contribution in [3.05, 3.63) is 77.5 Å². The highest BCUT2D eigenvalue weighted by Gasteiger charge is 2.22. The van der Waals surface area contributed by atoms with Crippen LogP contribution in [0.5, 0.6) is 5.88 Å². The Hall–Kier alpha value is -3.71. The number of amides is 1. The van der Waals surface area contributed by atoms with Gasteiger partial charge in [0.05, 0.1) is 5.39 Å². The molecule has 0 aliphatic carbocycles. The molecule has 2 aromatic heterocycles. The van der Waals surface area contributed by atoms with E-state index < -0.39 is 0 Å². The van der Waals surface area contributed by atoms with Gasteiger partial charge in [0, 0.05) is 19.2 Å². The van der Waals surface area contributed by atoms with Crippen molar-refractivity contribution >= 4 is 16.9 Å². The Morgan fingerprint density at radius 1 is 1.06 bits per heavy atom. The zero-order valence-corrected chi connectivity index (χ0v) is 19.5. The average molecular weight is 456 g/mol. The van der Waals surface area contributed by atoms with Gasteiger partial charge in [-0.05, 0) is 61.2 Å². The molecule has 0 unspecified atom stereocenters. The normalized spacial score (nSPS) is 14.3. The van der Waals surface area contributed by atoms with Crippen LogP contribution in [0.25, 0.3) is 22.2 Å². The fraction of sp³-hybridized carbons (Fsp3) is 0.296. The largest absolute Gasteiger partial charge is 0.473 e. The molecular weight excluding hydrogens is 426 g/mol. The highest BCUT2D eigenvalue weighted by molar-refractivity contribution is 6.04. The molecule has 7 nitrogen and oxygen atoms in total. The van der Waals surface area contributed by atoms with Gasteiger partial charge >= 0.3 is 0 Å². The number of carbonyl (C=O) groups is 1. The van der Waals surface area contributed by atoms with Gasteiger partial charge in [-0.3, -0.25) is 4.79 Å². The monoisotopic (exact) mass is 455 g/mol.